The summed E-state index contributed by atoms with van der Waals surface area (Å²) in [6.07, 6.45) is 0.948. The van der Waals surface area contributed by atoms with Gasteiger partial charge >= 0.3 is 0 Å². The van der Waals surface area contributed by atoms with Gasteiger partial charge in [-0.3, -0.25) is 4.79 Å². The minimum Gasteiger partial charge on any atom is -0.348 e. The van der Waals surface area contributed by atoms with Gasteiger partial charge in [-0.1, -0.05) is 46.2 Å². The maximum absolute atomic E-state index is 13.5. The Morgan fingerprint density at radius 2 is 2.04 bits per heavy atom. The molecule has 0 radical (unpaired) electrons. The highest BCUT2D eigenvalue weighted by molar-refractivity contribution is 6.31. The molecule has 1 saturated carbocycles. The number of carbonyl (C=O) groups is 1. The van der Waals surface area contributed by atoms with Crippen LogP contribution in [-0.4, -0.2) is 21.9 Å². The largest absolute Gasteiger partial charge is 0.348 e. The quantitative estimate of drug-likeness (QED) is 0.751. The lowest BCUT2D eigenvalue weighted by Crippen LogP contribution is -2.52. The first-order valence-corrected chi connectivity index (χ1v) is 9.14. The molecule has 0 aromatic carbocycles. The van der Waals surface area contributed by atoms with Crippen LogP contribution >= 0.6 is 11.6 Å². The topological polar surface area (TPSA) is 57.8 Å². The zero-order valence-electron chi connectivity index (χ0n) is 15.3. The summed E-state index contributed by atoms with van der Waals surface area (Å²) in [5.41, 5.74) is 0.952. The molecule has 6 heteroatoms. The van der Waals surface area contributed by atoms with Crippen LogP contribution in [0.1, 0.15) is 51.5 Å². The first-order valence-electron chi connectivity index (χ1n) is 8.77. The lowest BCUT2D eigenvalue weighted by molar-refractivity contribution is 0.0155. The van der Waals surface area contributed by atoms with Crippen molar-refractivity contribution < 1.29 is 9.18 Å². The van der Waals surface area contributed by atoms with Crippen LogP contribution in [0, 0.1) is 29.1 Å². The summed E-state index contributed by atoms with van der Waals surface area (Å²) >= 11 is 5.76. The molecule has 0 saturated heterocycles. The highest BCUT2D eigenvalue weighted by atomic mass is 35.5. The average Bonchev–Trinajstić information content (AvgIpc) is 2.94. The molecule has 4 nitrogen and oxygen atoms in total. The van der Waals surface area contributed by atoms with Crippen molar-refractivity contribution in [2.45, 2.75) is 47.1 Å². The fraction of sp³-hybridized carbons (Fsp3) is 0.579. The van der Waals surface area contributed by atoms with E-state index in [2.05, 4.69) is 49.9 Å². The van der Waals surface area contributed by atoms with E-state index in [1.807, 2.05) is 0 Å². The number of aromatic amines is 1. The number of hydrogen-bond acceptors (Lipinski definition) is 2. The van der Waals surface area contributed by atoms with Gasteiger partial charge in [0.1, 0.15) is 11.3 Å². The van der Waals surface area contributed by atoms with Gasteiger partial charge in [0.2, 0.25) is 5.95 Å². The number of aromatic nitrogens is 2. The van der Waals surface area contributed by atoms with Gasteiger partial charge in [0, 0.05) is 11.4 Å². The van der Waals surface area contributed by atoms with E-state index in [-0.39, 0.29) is 22.4 Å². The standard InChI is InChI=1S/C19H25ClFN3O/c1-9-6-14(10(2)11(3)19(9,4)5)23-18(25)15-8-12-7-13(20)16(21)24-17(12)22-15/h7-11,14H,6H2,1-5H3,(H,22,24)(H,23,25)/t9-,10+,11+,14+/m1/s1. The number of fused-ring (bicyclic) bond motifs is 1. The van der Waals surface area contributed by atoms with Crippen LogP contribution in [0.2, 0.25) is 5.02 Å². The molecule has 1 aliphatic rings. The molecular formula is C19H25ClFN3O. The van der Waals surface area contributed by atoms with Crippen molar-refractivity contribution in [1.29, 1.82) is 0 Å². The van der Waals surface area contributed by atoms with Crippen molar-refractivity contribution in [2.75, 3.05) is 0 Å². The lowest BCUT2D eigenvalue weighted by atomic mass is 9.58. The molecule has 136 valence electrons. The molecule has 25 heavy (non-hydrogen) atoms. The molecule has 0 unspecified atom stereocenters. The Hall–Kier alpha value is -1.62. The van der Waals surface area contributed by atoms with Gasteiger partial charge in [-0.15, -0.1) is 0 Å². The highest BCUT2D eigenvalue weighted by Gasteiger charge is 2.44. The summed E-state index contributed by atoms with van der Waals surface area (Å²) in [5.74, 6) is 0.462. The predicted octanol–water partition coefficient (Wildman–Crippen LogP) is 4.79. The smallest absolute Gasteiger partial charge is 0.267 e. The molecule has 2 aromatic heterocycles. The zero-order chi connectivity index (χ0) is 18.5. The van der Waals surface area contributed by atoms with Gasteiger partial charge in [0.15, 0.2) is 0 Å². The number of amides is 1. The number of hydrogen-bond donors (Lipinski definition) is 2. The molecular weight excluding hydrogens is 341 g/mol. The van der Waals surface area contributed by atoms with E-state index in [1.165, 1.54) is 6.07 Å². The van der Waals surface area contributed by atoms with E-state index in [9.17, 15) is 9.18 Å². The second-order valence-corrected chi connectivity index (χ2v) is 8.47. The van der Waals surface area contributed by atoms with Gasteiger partial charge in [-0.05, 0) is 41.7 Å². The van der Waals surface area contributed by atoms with E-state index in [1.54, 1.807) is 6.07 Å². The summed E-state index contributed by atoms with van der Waals surface area (Å²) in [6, 6.07) is 3.25. The van der Waals surface area contributed by atoms with Crippen molar-refractivity contribution in [3.8, 4) is 0 Å². The van der Waals surface area contributed by atoms with Crippen molar-refractivity contribution in [2.24, 2.45) is 23.2 Å². The molecule has 2 heterocycles. The van der Waals surface area contributed by atoms with Crippen molar-refractivity contribution in [3.05, 3.63) is 28.8 Å². The molecule has 0 spiro atoms. The number of pyridine rings is 1. The van der Waals surface area contributed by atoms with Crippen LogP contribution in [-0.2, 0) is 0 Å². The number of nitrogens with one attached hydrogen (secondary N) is 2. The van der Waals surface area contributed by atoms with Crippen molar-refractivity contribution >= 4 is 28.5 Å². The maximum atomic E-state index is 13.5. The third-order valence-corrected chi connectivity index (χ3v) is 6.82. The monoisotopic (exact) mass is 365 g/mol. The number of halogens is 2. The molecule has 1 amide bonds. The van der Waals surface area contributed by atoms with E-state index in [4.69, 9.17) is 11.6 Å². The minimum absolute atomic E-state index is 0.0516. The van der Waals surface area contributed by atoms with Crippen LogP contribution in [0.4, 0.5) is 4.39 Å². The summed E-state index contributed by atoms with van der Waals surface area (Å²) in [6.45, 7) is 11.3. The third kappa shape index (κ3) is 3.14. The van der Waals surface area contributed by atoms with Gasteiger partial charge < -0.3 is 10.3 Å². The van der Waals surface area contributed by atoms with Crippen LogP contribution < -0.4 is 5.32 Å². The van der Waals surface area contributed by atoms with Crippen LogP contribution in [0.25, 0.3) is 11.0 Å². The molecule has 1 fully saturated rings. The molecule has 1 aliphatic carbocycles. The van der Waals surface area contributed by atoms with Gasteiger partial charge in [-0.2, -0.15) is 4.39 Å². The van der Waals surface area contributed by atoms with Crippen LogP contribution in [0.5, 0.6) is 0 Å². The van der Waals surface area contributed by atoms with Gasteiger partial charge in [0.25, 0.3) is 5.91 Å². The fourth-order valence-electron chi connectivity index (χ4n) is 3.94. The van der Waals surface area contributed by atoms with E-state index < -0.39 is 5.95 Å². The summed E-state index contributed by atoms with van der Waals surface area (Å²) in [4.78, 5) is 19.3. The normalized spacial score (nSPS) is 28.9. The molecule has 3 rings (SSSR count). The number of nitrogens with zero attached hydrogens (tertiary/aromatic N) is 1. The van der Waals surface area contributed by atoms with Crippen molar-refractivity contribution in [1.82, 2.24) is 15.3 Å². The Morgan fingerprint density at radius 1 is 1.36 bits per heavy atom. The number of carbonyl (C=O) groups excluding carboxylic acids is 1. The predicted molar refractivity (Wildman–Crippen MR) is 98.2 cm³/mol. The lowest BCUT2D eigenvalue weighted by Gasteiger charge is -2.49. The van der Waals surface area contributed by atoms with E-state index >= 15 is 0 Å². The second-order valence-electron chi connectivity index (χ2n) is 8.07. The third-order valence-electron chi connectivity index (χ3n) is 6.55. The summed E-state index contributed by atoms with van der Waals surface area (Å²) < 4.78 is 13.5. The Labute approximate surface area is 152 Å². The Morgan fingerprint density at radius 3 is 2.72 bits per heavy atom. The summed E-state index contributed by atoms with van der Waals surface area (Å²) in [5, 5.41) is 3.72. The Kier molecular flexibility index (Phi) is 4.56. The number of rotatable bonds is 2. The van der Waals surface area contributed by atoms with Gasteiger partial charge in [0.05, 0.1) is 5.02 Å². The second kappa shape index (κ2) is 6.27. The fourth-order valence-corrected chi connectivity index (χ4v) is 4.10. The first-order chi connectivity index (χ1) is 11.6. The Balaban J connectivity index is 1.80. The van der Waals surface area contributed by atoms with E-state index in [0.717, 1.165) is 6.42 Å². The summed E-state index contributed by atoms with van der Waals surface area (Å²) in [7, 11) is 0. The molecule has 4 atom stereocenters. The average molecular weight is 366 g/mol. The van der Waals surface area contributed by atoms with Gasteiger partial charge in [-0.25, -0.2) is 4.98 Å². The van der Waals surface area contributed by atoms with Crippen LogP contribution in [0.3, 0.4) is 0 Å². The Bertz CT molecular complexity index is 777. The highest BCUT2D eigenvalue weighted by Crippen LogP contribution is 2.47. The maximum Gasteiger partial charge on any atom is 0.267 e. The molecule has 2 N–H and O–H groups in total. The van der Waals surface area contributed by atoms with Crippen LogP contribution in [0.15, 0.2) is 12.1 Å². The molecule has 0 bridgehead atoms. The molecule has 0 aliphatic heterocycles. The number of H-pyrrole nitrogens is 1. The minimum atomic E-state index is -0.742. The first kappa shape index (κ1) is 18.2. The van der Waals surface area contributed by atoms with Crippen molar-refractivity contribution in [3.63, 3.8) is 0 Å². The van der Waals surface area contributed by atoms with E-state index in [0.29, 0.717) is 34.5 Å². The zero-order valence-corrected chi connectivity index (χ0v) is 16.0. The SMILES string of the molecule is C[C@@H]1[C@@H](NC(=O)c2cc3cc(Cl)c(F)nc3[nH]2)C[C@@H](C)C(C)(C)[C@H]1C. The molecule has 2 aromatic rings.